The summed E-state index contributed by atoms with van der Waals surface area (Å²) >= 11 is 0. The van der Waals surface area contributed by atoms with Crippen molar-refractivity contribution >= 4 is 12.2 Å². The number of carbonyl (C=O) groups is 1. The fourth-order valence-electron chi connectivity index (χ4n) is 2.08. The molecule has 2 aromatic rings. The van der Waals surface area contributed by atoms with Gasteiger partial charge in [-0.2, -0.15) is 0 Å². The topological polar surface area (TPSA) is 66.4 Å². The van der Waals surface area contributed by atoms with Crippen LogP contribution < -0.4 is 14.2 Å². The van der Waals surface area contributed by atoms with Crippen molar-refractivity contribution in [3.05, 3.63) is 53.6 Å². The summed E-state index contributed by atoms with van der Waals surface area (Å²) in [5.41, 5.74) is 1.58. The smallest absolute Gasteiger partial charge is 0.339 e. The number of methoxy groups -OCH3 is 1. The molecule has 0 radical (unpaired) electrons. The van der Waals surface area contributed by atoms with E-state index in [-0.39, 0.29) is 13.2 Å². The van der Waals surface area contributed by atoms with Gasteiger partial charge in [0.1, 0.15) is 5.75 Å². The van der Waals surface area contributed by atoms with Crippen molar-refractivity contribution in [1.82, 2.24) is 0 Å². The van der Waals surface area contributed by atoms with Gasteiger partial charge in [-0.15, -0.1) is 0 Å². The third-order valence-electron chi connectivity index (χ3n) is 3.26. The molecule has 23 heavy (non-hydrogen) atoms. The highest BCUT2D eigenvalue weighted by Gasteiger charge is 2.12. The molecule has 0 N–H and O–H groups in total. The number of hydrogen-bond acceptors (Lipinski definition) is 6. The average molecular weight is 313 g/mol. The van der Waals surface area contributed by atoms with Crippen LogP contribution >= 0.6 is 0 Å². The van der Waals surface area contributed by atoms with Crippen LogP contribution in [0.4, 0.5) is 0 Å². The molecule has 118 valence electrons. The Morgan fingerprint density at radius 1 is 1.17 bits per heavy atom. The Labute approximate surface area is 133 Å². The minimum absolute atomic E-state index is 0.141. The zero-order valence-corrected chi connectivity index (χ0v) is 12.5. The van der Waals surface area contributed by atoms with Gasteiger partial charge < -0.3 is 19.0 Å². The molecule has 3 rings (SSSR count). The number of fused-ring (bicyclic) bond motifs is 1. The van der Waals surface area contributed by atoms with Gasteiger partial charge in [-0.25, -0.2) is 4.79 Å². The van der Waals surface area contributed by atoms with Crippen molar-refractivity contribution in [1.29, 1.82) is 0 Å². The first-order valence-corrected chi connectivity index (χ1v) is 7.00. The first-order chi connectivity index (χ1) is 11.2. The monoisotopic (exact) mass is 313 g/mol. The Morgan fingerprint density at radius 3 is 2.74 bits per heavy atom. The third-order valence-corrected chi connectivity index (χ3v) is 3.26. The van der Waals surface area contributed by atoms with Gasteiger partial charge in [-0.1, -0.05) is 17.3 Å². The summed E-state index contributed by atoms with van der Waals surface area (Å²) in [6.45, 7) is 0.215. The highest BCUT2D eigenvalue weighted by molar-refractivity contribution is 5.81. The molecule has 1 heterocycles. The van der Waals surface area contributed by atoms with Crippen molar-refractivity contribution in [2.75, 3.05) is 13.9 Å². The molecule has 1 aliphatic heterocycles. The van der Waals surface area contributed by atoms with Crippen LogP contribution in [0, 0.1) is 0 Å². The van der Waals surface area contributed by atoms with E-state index in [4.69, 9.17) is 19.0 Å². The number of oxime groups is 1. The van der Waals surface area contributed by atoms with Gasteiger partial charge in [0.25, 0.3) is 0 Å². The maximum absolute atomic E-state index is 11.7. The number of nitrogens with zero attached hydrogens (tertiary/aromatic N) is 1. The van der Waals surface area contributed by atoms with Gasteiger partial charge >= 0.3 is 5.97 Å². The standard InChI is InChI=1S/C17H15NO5/c1-20-14-5-2-12(3-6-14)9-17(19)23-18-10-13-4-7-15-16(8-13)22-11-21-15/h2-8,10H,9,11H2,1H3. The molecule has 0 bridgehead atoms. The lowest BCUT2D eigenvalue weighted by molar-refractivity contribution is -0.142. The summed E-state index contributed by atoms with van der Waals surface area (Å²) < 4.78 is 15.5. The van der Waals surface area contributed by atoms with E-state index in [0.717, 1.165) is 16.9 Å². The predicted octanol–water partition coefficient (Wildman–Crippen LogP) is 2.54. The number of ether oxygens (including phenoxy) is 3. The van der Waals surface area contributed by atoms with E-state index < -0.39 is 5.97 Å². The molecular weight excluding hydrogens is 298 g/mol. The Kier molecular flexibility index (Phi) is 4.42. The van der Waals surface area contributed by atoms with Crippen LogP contribution in [0.15, 0.2) is 47.6 Å². The minimum atomic E-state index is -0.438. The average Bonchev–Trinajstić information content (AvgIpc) is 3.03. The summed E-state index contributed by atoms with van der Waals surface area (Å²) in [5.74, 6) is 1.65. The van der Waals surface area contributed by atoms with Crippen LogP contribution in [-0.4, -0.2) is 26.1 Å². The van der Waals surface area contributed by atoms with Crippen LogP contribution in [0.1, 0.15) is 11.1 Å². The highest BCUT2D eigenvalue weighted by atomic mass is 16.7. The molecule has 0 unspecified atom stereocenters. The lowest BCUT2D eigenvalue weighted by Gasteiger charge is -2.02. The first kappa shape index (κ1) is 14.9. The normalized spacial score (nSPS) is 12.4. The SMILES string of the molecule is COc1ccc(CC(=O)ON=Cc2ccc3c(c2)OCO3)cc1. The molecule has 0 amide bonds. The van der Waals surface area contributed by atoms with Crippen molar-refractivity contribution in [3.63, 3.8) is 0 Å². The maximum atomic E-state index is 11.7. The van der Waals surface area contributed by atoms with Crippen LogP contribution in [0.5, 0.6) is 17.2 Å². The molecule has 1 aliphatic rings. The van der Waals surface area contributed by atoms with Crippen LogP contribution in [-0.2, 0) is 16.1 Å². The van der Waals surface area contributed by atoms with E-state index >= 15 is 0 Å². The summed E-state index contributed by atoms with van der Waals surface area (Å²) in [4.78, 5) is 16.6. The summed E-state index contributed by atoms with van der Waals surface area (Å²) in [7, 11) is 1.59. The van der Waals surface area contributed by atoms with Crippen LogP contribution in [0.3, 0.4) is 0 Å². The van der Waals surface area contributed by atoms with Gasteiger partial charge in [0.15, 0.2) is 11.5 Å². The van der Waals surface area contributed by atoms with E-state index in [9.17, 15) is 4.79 Å². The molecule has 6 heteroatoms. The van der Waals surface area contributed by atoms with Gasteiger partial charge in [-0.05, 0) is 35.9 Å². The number of rotatable bonds is 5. The number of carbonyl (C=O) groups excluding carboxylic acids is 1. The molecule has 0 aromatic heterocycles. The van der Waals surface area contributed by atoms with Gasteiger partial charge in [0.05, 0.1) is 19.7 Å². The lowest BCUT2D eigenvalue weighted by atomic mass is 10.1. The largest absolute Gasteiger partial charge is 0.497 e. The Balaban J connectivity index is 1.53. The fourth-order valence-corrected chi connectivity index (χ4v) is 2.08. The lowest BCUT2D eigenvalue weighted by Crippen LogP contribution is -2.04. The van der Waals surface area contributed by atoms with E-state index in [1.807, 2.05) is 12.1 Å². The summed E-state index contributed by atoms with van der Waals surface area (Å²) in [5, 5.41) is 3.70. The predicted molar refractivity (Wildman–Crippen MR) is 82.9 cm³/mol. The Bertz CT molecular complexity index is 724. The van der Waals surface area contributed by atoms with Gasteiger partial charge in [-0.3, -0.25) is 0 Å². The quantitative estimate of drug-likeness (QED) is 0.482. The third kappa shape index (κ3) is 3.79. The van der Waals surface area contributed by atoms with Gasteiger partial charge in [0.2, 0.25) is 6.79 Å². The van der Waals surface area contributed by atoms with Crippen molar-refractivity contribution in [3.8, 4) is 17.2 Å². The van der Waals surface area contributed by atoms with E-state index in [1.165, 1.54) is 6.21 Å². The highest BCUT2D eigenvalue weighted by Crippen LogP contribution is 2.31. The zero-order chi connectivity index (χ0) is 16.1. The molecule has 0 aliphatic carbocycles. The van der Waals surface area contributed by atoms with Crippen LogP contribution in [0.2, 0.25) is 0 Å². The molecule has 0 atom stereocenters. The van der Waals surface area contributed by atoms with Crippen molar-refractivity contribution in [2.45, 2.75) is 6.42 Å². The molecular formula is C17H15NO5. The Morgan fingerprint density at radius 2 is 1.96 bits per heavy atom. The fraction of sp³-hybridized carbons (Fsp3) is 0.176. The summed E-state index contributed by atoms with van der Waals surface area (Å²) in [6, 6.07) is 12.5. The molecule has 0 fully saturated rings. The second-order valence-electron chi connectivity index (χ2n) is 4.84. The number of hydrogen-bond donors (Lipinski definition) is 0. The number of benzene rings is 2. The van der Waals surface area contributed by atoms with E-state index in [2.05, 4.69) is 5.16 Å². The summed E-state index contributed by atoms with van der Waals surface area (Å²) in [6.07, 6.45) is 1.59. The minimum Gasteiger partial charge on any atom is -0.497 e. The second kappa shape index (κ2) is 6.83. The molecule has 0 saturated carbocycles. The maximum Gasteiger partial charge on any atom is 0.339 e. The molecule has 0 saturated heterocycles. The van der Waals surface area contributed by atoms with Crippen molar-refractivity contribution < 1.29 is 23.8 Å². The molecule has 0 spiro atoms. The van der Waals surface area contributed by atoms with Gasteiger partial charge in [0, 0.05) is 5.56 Å². The van der Waals surface area contributed by atoms with Crippen LogP contribution in [0.25, 0.3) is 0 Å². The second-order valence-corrected chi connectivity index (χ2v) is 4.84. The van der Waals surface area contributed by atoms with E-state index in [1.54, 1.807) is 37.4 Å². The molecule has 2 aromatic carbocycles. The first-order valence-electron chi connectivity index (χ1n) is 7.00. The molecule has 6 nitrogen and oxygen atoms in total. The van der Waals surface area contributed by atoms with Crippen molar-refractivity contribution in [2.24, 2.45) is 5.16 Å². The zero-order valence-electron chi connectivity index (χ0n) is 12.5. The Hall–Kier alpha value is -3.02. The van der Waals surface area contributed by atoms with E-state index in [0.29, 0.717) is 11.5 Å².